The largest absolute Gasteiger partial charge is 0.467 e. The highest BCUT2D eigenvalue weighted by molar-refractivity contribution is 8.04. The number of rotatable bonds is 5. The van der Waals surface area contributed by atoms with Crippen molar-refractivity contribution in [1.82, 2.24) is 4.90 Å². The van der Waals surface area contributed by atoms with E-state index in [0.717, 1.165) is 9.77 Å². The first-order valence-corrected chi connectivity index (χ1v) is 9.33. The average molecular weight is 367 g/mol. The molecule has 124 valence electrons. The predicted octanol–water partition coefficient (Wildman–Crippen LogP) is 4.41. The summed E-state index contributed by atoms with van der Waals surface area (Å²) in [6.07, 6.45) is 1.54. The summed E-state index contributed by atoms with van der Waals surface area (Å²) < 4.78 is 5.30. The minimum Gasteiger partial charge on any atom is -0.467 e. The molecule has 1 aliphatic heterocycles. The molecule has 25 heavy (non-hydrogen) atoms. The van der Waals surface area contributed by atoms with Gasteiger partial charge in [0.1, 0.15) is 5.76 Å². The quantitative estimate of drug-likeness (QED) is 0.627. The van der Waals surface area contributed by atoms with Gasteiger partial charge in [0.05, 0.1) is 23.3 Å². The molecule has 0 spiro atoms. The van der Waals surface area contributed by atoms with Crippen molar-refractivity contribution in [3.63, 3.8) is 0 Å². The SMILES string of the molecule is O=C1C(Sc2ccccc2)=C(c2cccs2)C(=O)N1Cc1ccco1. The Morgan fingerprint density at radius 3 is 2.48 bits per heavy atom. The summed E-state index contributed by atoms with van der Waals surface area (Å²) in [6, 6.07) is 16.8. The standard InChI is InChI=1S/C19H13NO3S2/c21-18-16(15-9-5-11-24-15)17(25-14-7-2-1-3-8-14)19(22)20(18)12-13-6-4-10-23-13/h1-11H,12H2. The third-order valence-electron chi connectivity index (χ3n) is 3.75. The van der Waals surface area contributed by atoms with Crippen LogP contribution >= 0.6 is 23.1 Å². The van der Waals surface area contributed by atoms with Gasteiger partial charge in [-0.3, -0.25) is 14.5 Å². The molecule has 2 amide bonds. The number of nitrogens with zero attached hydrogens (tertiary/aromatic N) is 1. The highest BCUT2D eigenvalue weighted by Crippen LogP contribution is 2.41. The Bertz CT molecular complexity index is 928. The number of furan rings is 1. The van der Waals surface area contributed by atoms with Gasteiger partial charge in [-0.2, -0.15) is 0 Å². The molecular weight excluding hydrogens is 354 g/mol. The van der Waals surface area contributed by atoms with Crippen molar-refractivity contribution in [2.24, 2.45) is 0 Å². The van der Waals surface area contributed by atoms with Crippen molar-refractivity contribution >= 4 is 40.5 Å². The lowest BCUT2D eigenvalue weighted by atomic mass is 10.2. The van der Waals surface area contributed by atoms with Crippen LogP contribution in [0.25, 0.3) is 5.57 Å². The molecule has 2 aromatic heterocycles. The zero-order valence-corrected chi connectivity index (χ0v) is 14.7. The first-order valence-electron chi connectivity index (χ1n) is 7.63. The molecule has 0 aliphatic carbocycles. The first-order chi connectivity index (χ1) is 12.2. The van der Waals surface area contributed by atoms with E-state index in [4.69, 9.17) is 4.42 Å². The molecular formula is C19H13NO3S2. The summed E-state index contributed by atoms with van der Waals surface area (Å²) in [5.41, 5.74) is 0.473. The maximum absolute atomic E-state index is 12.9. The average Bonchev–Trinajstić information content (AvgIpc) is 3.36. The second kappa shape index (κ2) is 6.74. The van der Waals surface area contributed by atoms with E-state index in [1.165, 1.54) is 34.3 Å². The van der Waals surface area contributed by atoms with E-state index in [0.29, 0.717) is 16.2 Å². The van der Waals surface area contributed by atoms with Crippen molar-refractivity contribution in [2.45, 2.75) is 11.4 Å². The summed E-state index contributed by atoms with van der Waals surface area (Å²) in [5.74, 6) is 0.0270. The maximum Gasteiger partial charge on any atom is 0.268 e. The summed E-state index contributed by atoms with van der Waals surface area (Å²) in [4.78, 5) is 29.3. The number of carbonyl (C=O) groups is 2. The van der Waals surface area contributed by atoms with Gasteiger partial charge < -0.3 is 4.42 Å². The summed E-state index contributed by atoms with van der Waals surface area (Å²) >= 11 is 2.79. The van der Waals surface area contributed by atoms with Crippen LogP contribution in [0.5, 0.6) is 0 Å². The van der Waals surface area contributed by atoms with Crippen LogP contribution in [0.1, 0.15) is 10.6 Å². The second-order valence-corrected chi connectivity index (χ2v) is 7.40. The van der Waals surface area contributed by atoms with Gasteiger partial charge in [-0.15, -0.1) is 11.3 Å². The van der Waals surface area contributed by atoms with Crippen molar-refractivity contribution in [3.8, 4) is 0 Å². The maximum atomic E-state index is 12.9. The molecule has 4 nitrogen and oxygen atoms in total. The highest BCUT2D eigenvalue weighted by atomic mass is 32.2. The van der Waals surface area contributed by atoms with E-state index in [1.807, 2.05) is 47.8 Å². The van der Waals surface area contributed by atoms with Crippen molar-refractivity contribution in [1.29, 1.82) is 0 Å². The third-order valence-corrected chi connectivity index (χ3v) is 5.73. The Labute approximate surface area is 152 Å². The van der Waals surface area contributed by atoms with Crippen LogP contribution < -0.4 is 0 Å². The number of imide groups is 1. The van der Waals surface area contributed by atoms with Gasteiger partial charge in [0, 0.05) is 9.77 Å². The summed E-state index contributed by atoms with van der Waals surface area (Å²) in [6.45, 7) is 0.137. The molecule has 0 saturated carbocycles. The lowest BCUT2D eigenvalue weighted by Crippen LogP contribution is -2.30. The minimum absolute atomic E-state index is 0.137. The van der Waals surface area contributed by atoms with Crippen molar-refractivity contribution in [2.75, 3.05) is 0 Å². The van der Waals surface area contributed by atoms with E-state index in [2.05, 4.69) is 0 Å². The Kier molecular flexibility index (Phi) is 4.29. The Hall–Kier alpha value is -2.57. The number of amides is 2. The van der Waals surface area contributed by atoms with Gasteiger partial charge in [-0.25, -0.2) is 0 Å². The monoisotopic (exact) mass is 367 g/mol. The summed E-state index contributed by atoms with van der Waals surface area (Å²) in [7, 11) is 0. The van der Waals surface area contributed by atoms with Gasteiger partial charge in [-0.1, -0.05) is 36.0 Å². The van der Waals surface area contributed by atoms with Crippen LogP contribution in [0.4, 0.5) is 0 Å². The van der Waals surface area contributed by atoms with E-state index in [-0.39, 0.29) is 18.4 Å². The summed E-state index contributed by atoms with van der Waals surface area (Å²) in [5, 5.41) is 1.90. The van der Waals surface area contributed by atoms with E-state index in [9.17, 15) is 9.59 Å². The van der Waals surface area contributed by atoms with Gasteiger partial charge >= 0.3 is 0 Å². The number of thioether (sulfide) groups is 1. The Morgan fingerprint density at radius 1 is 0.960 bits per heavy atom. The second-order valence-electron chi connectivity index (χ2n) is 5.37. The third kappa shape index (κ3) is 3.06. The molecule has 4 rings (SSSR count). The number of carbonyl (C=O) groups excluding carboxylic acids is 2. The fourth-order valence-corrected chi connectivity index (χ4v) is 4.45. The van der Waals surface area contributed by atoms with Crippen molar-refractivity contribution in [3.05, 3.63) is 81.8 Å². The normalized spacial score (nSPS) is 14.6. The van der Waals surface area contributed by atoms with Crippen LogP contribution in [0, 0.1) is 0 Å². The molecule has 0 radical (unpaired) electrons. The Morgan fingerprint density at radius 2 is 1.80 bits per heavy atom. The van der Waals surface area contributed by atoms with Gasteiger partial charge in [0.25, 0.3) is 11.8 Å². The molecule has 0 fully saturated rings. The number of thiophene rings is 1. The number of hydrogen-bond acceptors (Lipinski definition) is 5. The van der Waals surface area contributed by atoms with Crippen LogP contribution in [0.15, 0.2) is 80.5 Å². The number of benzene rings is 1. The predicted molar refractivity (Wildman–Crippen MR) is 97.8 cm³/mol. The van der Waals surface area contributed by atoms with E-state index < -0.39 is 0 Å². The van der Waals surface area contributed by atoms with Gasteiger partial charge in [-0.05, 0) is 35.7 Å². The van der Waals surface area contributed by atoms with Crippen LogP contribution in [-0.2, 0) is 16.1 Å². The molecule has 1 aromatic carbocycles. The molecule has 0 unspecified atom stereocenters. The minimum atomic E-state index is -0.279. The van der Waals surface area contributed by atoms with Crippen LogP contribution in [0.3, 0.4) is 0 Å². The van der Waals surface area contributed by atoms with Gasteiger partial charge in [0.2, 0.25) is 0 Å². The lowest BCUT2D eigenvalue weighted by molar-refractivity contribution is -0.137. The molecule has 0 atom stereocenters. The zero-order valence-electron chi connectivity index (χ0n) is 13.0. The molecule has 3 heterocycles. The Balaban J connectivity index is 1.72. The van der Waals surface area contributed by atoms with E-state index >= 15 is 0 Å². The molecule has 6 heteroatoms. The molecule has 3 aromatic rings. The smallest absolute Gasteiger partial charge is 0.268 e. The number of hydrogen-bond donors (Lipinski definition) is 0. The van der Waals surface area contributed by atoms with Crippen LogP contribution in [-0.4, -0.2) is 16.7 Å². The highest BCUT2D eigenvalue weighted by Gasteiger charge is 2.40. The molecule has 0 bridgehead atoms. The zero-order chi connectivity index (χ0) is 17.2. The molecule has 0 N–H and O–H groups in total. The molecule has 0 saturated heterocycles. The topological polar surface area (TPSA) is 50.5 Å². The first kappa shape index (κ1) is 15.9. The fourth-order valence-electron chi connectivity index (χ4n) is 2.59. The van der Waals surface area contributed by atoms with Crippen molar-refractivity contribution < 1.29 is 14.0 Å². The molecule has 1 aliphatic rings. The van der Waals surface area contributed by atoms with Crippen LogP contribution in [0.2, 0.25) is 0 Å². The fraction of sp³-hybridized carbons (Fsp3) is 0.0526. The lowest BCUT2D eigenvalue weighted by Gasteiger charge is -2.13. The van der Waals surface area contributed by atoms with E-state index in [1.54, 1.807) is 12.1 Å². The van der Waals surface area contributed by atoms with Gasteiger partial charge in [0.15, 0.2) is 0 Å².